The highest BCUT2D eigenvalue weighted by Gasteiger charge is 2.32. The Balaban J connectivity index is 1.69. The van der Waals surface area contributed by atoms with Crippen molar-refractivity contribution < 1.29 is 19.1 Å². The van der Waals surface area contributed by atoms with E-state index in [2.05, 4.69) is 20.8 Å². The number of carbonyl (C=O) groups excluding carboxylic acids is 2. The van der Waals surface area contributed by atoms with E-state index >= 15 is 0 Å². The zero-order chi connectivity index (χ0) is 19.6. The Hall–Kier alpha value is -2.08. The zero-order valence-electron chi connectivity index (χ0n) is 16.8. The summed E-state index contributed by atoms with van der Waals surface area (Å²) in [6.45, 7) is 9.19. The van der Waals surface area contributed by atoms with E-state index in [0.29, 0.717) is 44.1 Å². The van der Waals surface area contributed by atoms with Crippen LogP contribution in [0, 0.1) is 0 Å². The fraction of sp³-hybridized carbons (Fsp3) is 0.619. The lowest BCUT2D eigenvalue weighted by atomic mass is 9.86. The van der Waals surface area contributed by atoms with Crippen molar-refractivity contribution >= 4 is 11.8 Å². The first-order chi connectivity index (χ1) is 12.8. The average molecular weight is 374 g/mol. The van der Waals surface area contributed by atoms with Gasteiger partial charge in [-0.25, -0.2) is 0 Å². The summed E-state index contributed by atoms with van der Waals surface area (Å²) in [5.41, 5.74) is 1.64. The lowest BCUT2D eigenvalue weighted by Gasteiger charge is -2.36. The number of amides is 2. The Bertz CT molecular complexity index is 697. The molecular formula is C21H30N2O4. The molecule has 2 fully saturated rings. The molecule has 1 unspecified atom stereocenters. The molecule has 1 aromatic rings. The van der Waals surface area contributed by atoms with E-state index in [-0.39, 0.29) is 23.3 Å². The van der Waals surface area contributed by atoms with Crippen molar-refractivity contribution in [1.29, 1.82) is 0 Å². The van der Waals surface area contributed by atoms with Crippen LogP contribution in [0.5, 0.6) is 5.75 Å². The third-order valence-corrected chi connectivity index (χ3v) is 5.38. The largest absolute Gasteiger partial charge is 0.496 e. The van der Waals surface area contributed by atoms with Crippen LogP contribution in [0.15, 0.2) is 18.2 Å². The molecule has 0 aliphatic carbocycles. The van der Waals surface area contributed by atoms with E-state index in [1.165, 1.54) is 0 Å². The molecule has 6 heteroatoms. The smallest absolute Gasteiger partial charge is 0.257 e. The molecule has 1 atom stereocenters. The van der Waals surface area contributed by atoms with E-state index in [1.54, 1.807) is 7.11 Å². The standard InChI is InChI=1S/C21H30N2O4/c1-21(2,3)15-7-8-17(26-4)16(14-15)19(24)22-9-11-23(12-10-22)20(25)18-6-5-13-27-18/h7-8,14,18H,5-6,9-13H2,1-4H3. The Morgan fingerprint density at radius 3 is 2.33 bits per heavy atom. The van der Waals surface area contributed by atoms with Gasteiger partial charge in [-0.1, -0.05) is 26.8 Å². The number of nitrogens with zero attached hydrogens (tertiary/aromatic N) is 2. The summed E-state index contributed by atoms with van der Waals surface area (Å²) in [6.07, 6.45) is 1.45. The van der Waals surface area contributed by atoms with Gasteiger partial charge in [-0.05, 0) is 36.0 Å². The van der Waals surface area contributed by atoms with Gasteiger partial charge in [0.2, 0.25) is 0 Å². The summed E-state index contributed by atoms with van der Waals surface area (Å²) in [4.78, 5) is 29.2. The maximum Gasteiger partial charge on any atom is 0.257 e. The van der Waals surface area contributed by atoms with Gasteiger partial charge in [0.15, 0.2) is 0 Å². The molecule has 0 aromatic heterocycles. The molecule has 6 nitrogen and oxygen atoms in total. The van der Waals surface area contributed by atoms with Gasteiger partial charge in [0, 0.05) is 32.8 Å². The summed E-state index contributed by atoms with van der Waals surface area (Å²) in [7, 11) is 1.58. The highest BCUT2D eigenvalue weighted by molar-refractivity contribution is 5.97. The minimum atomic E-state index is -0.296. The van der Waals surface area contributed by atoms with Gasteiger partial charge >= 0.3 is 0 Å². The van der Waals surface area contributed by atoms with E-state index in [1.807, 2.05) is 28.0 Å². The minimum Gasteiger partial charge on any atom is -0.496 e. The van der Waals surface area contributed by atoms with Gasteiger partial charge in [0.25, 0.3) is 11.8 Å². The zero-order valence-corrected chi connectivity index (χ0v) is 16.8. The van der Waals surface area contributed by atoms with Gasteiger partial charge in [0.1, 0.15) is 11.9 Å². The van der Waals surface area contributed by atoms with E-state index in [4.69, 9.17) is 9.47 Å². The average Bonchev–Trinajstić information content (AvgIpc) is 3.20. The molecule has 0 N–H and O–H groups in total. The van der Waals surface area contributed by atoms with Crippen LogP contribution in [-0.2, 0) is 14.9 Å². The number of benzene rings is 1. The molecule has 2 aliphatic rings. The first-order valence-electron chi connectivity index (χ1n) is 9.69. The normalized spacial score (nSPS) is 20.7. The van der Waals surface area contributed by atoms with Crippen molar-refractivity contribution in [2.45, 2.75) is 45.1 Å². The lowest BCUT2D eigenvalue weighted by Crippen LogP contribution is -2.52. The monoisotopic (exact) mass is 374 g/mol. The number of carbonyl (C=O) groups is 2. The van der Waals surface area contributed by atoms with E-state index in [0.717, 1.165) is 18.4 Å². The lowest BCUT2D eigenvalue weighted by molar-refractivity contribution is -0.142. The second kappa shape index (κ2) is 7.89. The molecule has 27 heavy (non-hydrogen) atoms. The summed E-state index contributed by atoms with van der Waals surface area (Å²) in [5.74, 6) is 0.611. The van der Waals surface area contributed by atoms with E-state index < -0.39 is 0 Å². The Kier molecular flexibility index (Phi) is 5.75. The topological polar surface area (TPSA) is 59.1 Å². The first-order valence-corrected chi connectivity index (χ1v) is 9.69. The van der Waals surface area contributed by atoms with Crippen molar-refractivity contribution in [2.75, 3.05) is 39.9 Å². The number of methoxy groups -OCH3 is 1. The summed E-state index contributed by atoms with van der Waals surface area (Å²) >= 11 is 0. The van der Waals surface area contributed by atoms with Gasteiger partial charge in [0.05, 0.1) is 12.7 Å². The van der Waals surface area contributed by atoms with Crippen LogP contribution in [0.1, 0.15) is 49.5 Å². The van der Waals surface area contributed by atoms with Crippen LogP contribution >= 0.6 is 0 Å². The quantitative estimate of drug-likeness (QED) is 0.815. The molecule has 2 aliphatic heterocycles. The molecule has 2 amide bonds. The highest BCUT2D eigenvalue weighted by atomic mass is 16.5. The van der Waals surface area contributed by atoms with Crippen molar-refractivity contribution in [3.8, 4) is 5.75 Å². The summed E-state index contributed by atoms with van der Waals surface area (Å²) in [5, 5.41) is 0. The summed E-state index contributed by atoms with van der Waals surface area (Å²) in [6, 6.07) is 5.81. The van der Waals surface area contributed by atoms with Crippen LogP contribution in [-0.4, -0.2) is 67.6 Å². The molecule has 3 rings (SSSR count). The molecule has 1 aromatic carbocycles. The highest BCUT2D eigenvalue weighted by Crippen LogP contribution is 2.29. The number of piperazine rings is 1. The van der Waals surface area contributed by atoms with Crippen molar-refractivity contribution in [3.05, 3.63) is 29.3 Å². The molecule has 0 bridgehead atoms. The van der Waals surface area contributed by atoms with Gasteiger partial charge in [-0.15, -0.1) is 0 Å². The Labute approximate surface area is 161 Å². The van der Waals surface area contributed by atoms with E-state index in [9.17, 15) is 9.59 Å². The molecule has 2 heterocycles. The Morgan fingerprint density at radius 2 is 1.78 bits per heavy atom. The molecule has 0 saturated carbocycles. The van der Waals surface area contributed by atoms with Crippen LogP contribution in [0.25, 0.3) is 0 Å². The van der Waals surface area contributed by atoms with Gasteiger partial charge in [-0.3, -0.25) is 9.59 Å². The van der Waals surface area contributed by atoms with Crippen LogP contribution < -0.4 is 4.74 Å². The third-order valence-electron chi connectivity index (χ3n) is 5.38. The number of ether oxygens (including phenoxy) is 2. The maximum absolute atomic E-state index is 13.1. The molecule has 148 valence electrons. The van der Waals surface area contributed by atoms with Crippen LogP contribution in [0.2, 0.25) is 0 Å². The van der Waals surface area contributed by atoms with Crippen molar-refractivity contribution in [2.24, 2.45) is 0 Å². The second-order valence-corrected chi connectivity index (χ2v) is 8.28. The number of rotatable bonds is 3. The molecule has 0 spiro atoms. The van der Waals surface area contributed by atoms with Crippen molar-refractivity contribution in [1.82, 2.24) is 9.80 Å². The number of hydrogen-bond acceptors (Lipinski definition) is 4. The number of hydrogen-bond donors (Lipinski definition) is 0. The van der Waals surface area contributed by atoms with Gasteiger partial charge in [-0.2, -0.15) is 0 Å². The fourth-order valence-electron chi connectivity index (χ4n) is 3.62. The van der Waals surface area contributed by atoms with Crippen LogP contribution in [0.3, 0.4) is 0 Å². The predicted molar refractivity (Wildman–Crippen MR) is 103 cm³/mol. The molecule has 2 saturated heterocycles. The SMILES string of the molecule is COc1ccc(C(C)(C)C)cc1C(=O)N1CCN(C(=O)C2CCCO2)CC1. The van der Waals surface area contributed by atoms with Crippen LogP contribution in [0.4, 0.5) is 0 Å². The predicted octanol–water partition coefficient (Wildman–Crippen LogP) is 2.46. The summed E-state index contributed by atoms with van der Waals surface area (Å²) < 4.78 is 10.9. The maximum atomic E-state index is 13.1. The fourth-order valence-corrected chi connectivity index (χ4v) is 3.62. The minimum absolute atomic E-state index is 0.0397. The molecular weight excluding hydrogens is 344 g/mol. The Morgan fingerprint density at radius 1 is 1.11 bits per heavy atom. The first kappa shape index (κ1) is 19.7. The van der Waals surface area contributed by atoms with Crippen molar-refractivity contribution in [3.63, 3.8) is 0 Å². The molecule has 0 radical (unpaired) electrons. The van der Waals surface area contributed by atoms with Gasteiger partial charge < -0.3 is 19.3 Å². The third kappa shape index (κ3) is 4.26. The second-order valence-electron chi connectivity index (χ2n) is 8.28.